The molecular formula is C15H22FN3O. The van der Waals surface area contributed by atoms with Gasteiger partial charge in [0.15, 0.2) is 5.82 Å². The first-order valence-electron chi connectivity index (χ1n) is 7.31. The predicted molar refractivity (Wildman–Crippen MR) is 76.9 cm³/mol. The molecule has 0 spiro atoms. The number of nitrogens with two attached hydrogens (primary N) is 1. The lowest BCUT2D eigenvalue weighted by Crippen LogP contribution is -2.44. The van der Waals surface area contributed by atoms with Gasteiger partial charge in [0, 0.05) is 44.3 Å². The first-order chi connectivity index (χ1) is 9.74. The minimum Gasteiger partial charge on any atom is -0.396 e. The zero-order valence-electron chi connectivity index (χ0n) is 11.7. The van der Waals surface area contributed by atoms with Crippen molar-refractivity contribution in [1.29, 1.82) is 0 Å². The molecule has 1 unspecified atom stereocenters. The number of nitrogens with zero attached hydrogens (tertiary/aromatic N) is 2. The van der Waals surface area contributed by atoms with Crippen molar-refractivity contribution >= 4 is 5.69 Å². The first-order valence-corrected chi connectivity index (χ1v) is 7.31. The Morgan fingerprint density at radius 1 is 1.25 bits per heavy atom. The lowest BCUT2D eigenvalue weighted by Gasteiger charge is -2.32. The van der Waals surface area contributed by atoms with Crippen molar-refractivity contribution in [3.05, 3.63) is 29.6 Å². The van der Waals surface area contributed by atoms with Crippen LogP contribution in [-0.2, 0) is 11.3 Å². The number of benzene rings is 1. The number of hydrogen-bond donors (Lipinski definition) is 1. The highest BCUT2D eigenvalue weighted by Gasteiger charge is 2.28. The molecule has 20 heavy (non-hydrogen) atoms. The van der Waals surface area contributed by atoms with Gasteiger partial charge in [-0.2, -0.15) is 0 Å². The Hall–Kier alpha value is -1.17. The molecule has 1 atom stereocenters. The van der Waals surface area contributed by atoms with Gasteiger partial charge in [-0.3, -0.25) is 9.80 Å². The van der Waals surface area contributed by atoms with Gasteiger partial charge < -0.3 is 10.5 Å². The van der Waals surface area contributed by atoms with Crippen LogP contribution >= 0.6 is 0 Å². The summed E-state index contributed by atoms with van der Waals surface area (Å²) in [5.41, 5.74) is 6.57. The molecule has 5 heteroatoms. The summed E-state index contributed by atoms with van der Waals surface area (Å²) in [5.74, 6) is -0.262. The van der Waals surface area contributed by atoms with Crippen molar-refractivity contribution in [2.45, 2.75) is 19.0 Å². The maximum absolute atomic E-state index is 13.9. The van der Waals surface area contributed by atoms with E-state index < -0.39 is 0 Å². The Labute approximate surface area is 119 Å². The zero-order chi connectivity index (χ0) is 13.9. The molecular weight excluding hydrogens is 257 g/mol. The molecule has 2 saturated heterocycles. The van der Waals surface area contributed by atoms with E-state index in [9.17, 15) is 4.39 Å². The smallest absolute Gasteiger partial charge is 0.150 e. The van der Waals surface area contributed by atoms with Crippen molar-refractivity contribution in [2.75, 3.05) is 45.1 Å². The fraction of sp³-hybridized carbons (Fsp3) is 0.600. The number of halogens is 1. The quantitative estimate of drug-likeness (QED) is 0.847. The number of nitrogen functional groups attached to an aromatic ring is 1. The second kappa shape index (κ2) is 6.08. The van der Waals surface area contributed by atoms with Crippen LogP contribution in [0.4, 0.5) is 10.1 Å². The van der Waals surface area contributed by atoms with E-state index in [1.165, 1.54) is 0 Å². The van der Waals surface area contributed by atoms with Gasteiger partial charge in [-0.25, -0.2) is 4.39 Å². The molecule has 2 aliphatic rings. The second-order valence-corrected chi connectivity index (χ2v) is 5.65. The Bertz CT molecular complexity index is 462. The van der Waals surface area contributed by atoms with Crippen LogP contribution in [0.2, 0.25) is 0 Å². The van der Waals surface area contributed by atoms with E-state index in [-0.39, 0.29) is 11.5 Å². The highest BCUT2D eigenvalue weighted by atomic mass is 19.1. The monoisotopic (exact) mass is 279 g/mol. The number of hydrogen-bond acceptors (Lipinski definition) is 4. The van der Waals surface area contributed by atoms with Crippen molar-refractivity contribution in [3.8, 4) is 0 Å². The van der Waals surface area contributed by atoms with Crippen molar-refractivity contribution < 1.29 is 9.13 Å². The van der Waals surface area contributed by atoms with Crippen LogP contribution in [0.1, 0.15) is 12.0 Å². The molecule has 110 valence electrons. The summed E-state index contributed by atoms with van der Waals surface area (Å²) in [6.07, 6.45) is 1.16. The van der Waals surface area contributed by atoms with Gasteiger partial charge in [0.1, 0.15) is 0 Å². The fourth-order valence-corrected chi connectivity index (χ4v) is 3.16. The topological polar surface area (TPSA) is 41.7 Å². The SMILES string of the molecule is Nc1cccc(CN2CCC(N3CCOCC3)C2)c1F. The number of rotatable bonds is 3. The molecule has 2 heterocycles. The highest BCUT2D eigenvalue weighted by molar-refractivity contribution is 5.42. The first kappa shape index (κ1) is 13.8. The minimum atomic E-state index is -0.262. The summed E-state index contributed by atoms with van der Waals surface area (Å²) < 4.78 is 19.3. The number of likely N-dealkylation sites (tertiary alicyclic amines) is 1. The molecule has 2 aliphatic heterocycles. The molecule has 4 nitrogen and oxygen atoms in total. The largest absolute Gasteiger partial charge is 0.396 e. The Morgan fingerprint density at radius 3 is 2.85 bits per heavy atom. The van der Waals surface area contributed by atoms with Gasteiger partial charge in [-0.05, 0) is 12.5 Å². The van der Waals surface area contributed by atoms with E-state index in [2.05, 4.69) is 9.80 Å². The Morgan fingerprint density at radius 2 is 2.05 bits per heavy atom. The second-order valence-electron chi connectivity index (χ2n) is 5.65. The minimum absolute atomic E-state index is 0.242. The maximum Gasteiger partial charge on any atom is 0.150 e. The van der Waals surface area contributed by atoms with E-state index in [0.717, 1.165) is 45.8 Å². The zero-order valence-corrected chi connectivity index (χ0v) is 11.7. The van der Waals surface area contributed by atoms with E-state index in [0.29, 0.717) is 18.2 Å². The van der Waals surface area contributed by atoms with Crippen molar-refractivity contribution in [1.82, 2.24) is 9.80 Å². The van der Waals surface area contributed by atoms with Crippen LogP contribution in [0.3, 0.4) is 0 Å². The third-order valence-corrected chi connectivity index (χ3v) is 4.31. The summed E-state index contributed by atoms with van der Waals surface area (Å²) in [7, 11) is 0. The van der Waals surface area contributed by atoms with Crippen LogP contribution in [0.5, 0.6) is 0 Å². The molecule has 2 N–H and O–H groups in total. The van der Waals surface area contributed by atoms with Crippen LogP contribution in [0.15, 0.2) is 18.2 Å². The lowest BCUT2D eigenvalue weighted by molar-refractivity contribution is 0.0183. The molecule has 0 bridgehead atoms. The average Bonchev–Trinajstić information content (AvgIpc) is 2.93. The van der Waals surface area contributed by atoms with Crippen molar-refractivity contribution in [2.24, 2.45) is 0 Å². The van der Waals surface area contributed by atoms with E-state index in [4.69, 9.17) is 10.5 Å². The standard InChI is InChI=1S/C15H22FN3O/c16-15-12(2-1-3-14(15)17)10-18-5-4-13(11-18)19-6-8-20-9-7-19/h1-3,13H,4-11,17H2. The third kappa shape index (κ3) is 2.95. The molecule has 3 rings (SSSR count). The maximum atomic E-state index is 13.9. The summed E-state index contributed by atoms with van der Waals surface area (Å²) in [6.45, 7) is 6.39. The van der Waals surface area contributed by atoms with Crippen LogP contribution in [-0.4, -0.2) is 55.2 Å². The summed E-state index contributed by atoms with van der Waals surface area (Å²) in [6, 6.07) is 5.85. The predicted octanol–water partition coefficient (Wildman–Crippen LogP) is 1.31. The van der Waals surface area contributed by atoms with Gasteiger partial charge in [-0.1, -0.05) is 12.1 Å². The lowest BCUT2D eigenvalue weighted by atomic mass is 10.1. The van der Waals surface area contributed by atoms with Gasteiger partial charge in [0.25, 0.3) is 0 Å². The Balaban J connectivity index is 1.58. The number of ether oxygens (including phenoxy) is 1. The molecule has 0 aliphatic carbocycles. The molecule has 1 aromatic carbocycles. The molecule has 0 radical (unpaired) electrons. The number of anilines is 1. The van der Waals surface area contributed by atoms with Gasteiger partial charge in [-0.15, -0.1) is 0 Å². The summed E-state index contributed by atoms with van der Waals surface area (Å²) in [5, 5.41) is 0. The fourth-order valence-electron chi connectivity index (χ4n) is 3.16. The average molecular weight is 279 g/mol. The molecule has 0 amide bonds. The van der Waals surface area contributed by atoms with Crippen LogP contribution in [0, 0.1) is 5.82 Å². The molecule has 2 fully saturated rings. The van der Waals surface area contributed by atoms with Gasteiger partial charge in [0.2, 0.25) is 0 Å². The van der Waals surface area contributed by atoms with E-state index in [1.807, 2.05) is 12.1 Å². The third-order valence-electron chi connectivity index (χ3n) is 4.31. The van der Waals surface area contributed by atoms with Crippen molar-refractivity contribution in [3.63, 3.8) is 0 Å². The summed E-state index contributed by atoms with van der Waals surface area (Å²) in [4.78, 5) is 4.82. The highest BCUT2D eigenvalue weighted by Crippen LogP contribution is 2.21. The summed E-state index contributed by atoms with van der Waals surface area (Å²) >= 11 is 0. The van der Waals surface area contributed by atoms with Crippen LogP contribution < -0.4 is 5.73 Å². The normalized spacial score (nSPS) is 25.1. The van der Waals surface area contributed by atoms with Gasteiger partial charge >= 0.3 is 0 Å². The van der Waals surface area contributed by atoms with Gasteiger partial charge in [0.05, 0.1) is 18.9 Å². The van der Waals surface area contributed by atoms with E-state index >= 15 is 0 Å². The Kier molecular flexibility index (Phi) is 4.19. The van der Waals surface area contributed by atoms with E-state index in [1.54, 1.807) is 6.07 Å². The van der Waals surface area contributed by atoms with Crippen LogP contribution in [0.25, 0.3) is 0 Å². The molecule has 0 saturated carbocycles. The molecule has 1 aromatic rings. The molecule has 0 aromatic heterocycles. The number of morpholine rings is 1.